The lowest BCUT2D eigenvalue weighted by atomic mass is 10.5. The van der Waals surface area contributed by atoms with E-state index in [9.17, 15) is 4.79 Å². The molecule has 0 aliphatic rings. The first kappa shape index (κ1) is 9.68. The number of hydrogen-bond donors (Lipinski definition) is 1. The van der Waals surface area contributed by atoms with Crippen LogP contribution in [0.1, 0.15) is 13.8 Å². The monoisotopic (exact) mass is 156 g/mol. The van der Waals surface area contributed by atoms with Crippen LogP contribution >= 0.6 is 0 Å². The highest BCUT2D eigenvalue weighted by Crippen LogP contribution is 1.86. The molecule has 4 nitrogen and oxygen atoms in total. The maximum atomic E-state index is 10.0. The van der Waals surface area contributed by atoms with E-state index in [1.165, 1.54) is 11.2 Å². The van der Waals surface area contributed by atoms with Crippen LogP contribution in [-0.4, -0.2) is 28.8 Å². The highest BCUT2D eigenvalue weighted by molar-refractivity contribution is 5.80. The highest BCUT2D eigenvalue weighted by atomic mass is 16.4. The third-order valence-corrected chi connectivity index (χ3v) is 0.791. The van der Waals surface area contributed by atoms with Crippen molar-refractivity contribution in [2.75, 3.05) is 7.05 Å². The van der Waals surface area contributed by atoms with Gasteiger partial charge in [-0.25, -0.2) is 4.79 Å². The Balaban J connectivity index is 3.97. The molecule has 0 atom stereocenters. The predicted octanol–water partition coefficient (Wildman–Crippen LogP) is 0.912. The Hall–Kier alpha value is -1.32. The summed E-state index contributed by atoms with van der Waals surface area (Å²) >= 11 is 0. The zero-order valence-corrected chi connectivity index (χ0v) is 6.90. The first-order valence-corrected chi connectivity index (χ1v) is 3.18. The number of hydrazone groups is 1. The Morgan fingerprint density at radius 3 is 2.45 bits per heavy atom. The van der Waals surface area contributed by atoms with Crippen molar-refractivity contribution in [2.45, 2.75) is 13.8 Å². The molecule has 0 aliphatic carbocycles. The largest absolute Gasteiger partial charge is 0.478 e. The van der Waals surface area contributed by atoms with Gasteiger partial charge in [0.1, 0.15) is 0 Å². The van der Waals surface area contributed by atoms with Crippen molar-refractivity contribution < 1.29 is 9.90 Å². The van der Waals surface area contributed by atoms with Crippen molar-refractivity contribution in [3.63, 3.8) is 0 Å². The lowest BCUT2D eigenvalue weighted by Gasteiger charge is -2.05. The van der Waals surface area contributed by atoms with Crippen LogP contribution in [0.4, 0.5) is 0 Å². The van der Waals surface area contributed by atoms with Crippen LogP contribution < -0.4 is 0 Å². The lowest BCUT2D eigenvalue weighted by molar-refractivity contribution is -0.131. The molecule has 0 bridgehead atoms. The third-order valence-electron chi connectivity index (χ3n) is 0.791. The predicted molar refractivity (Wildman–Crippen MR) is 43.3 cm³/mol. The second-order valence-corrected chi connectivity index (χ2v) is 2.27. The molecule has 62 valence electrons. The molecule has 0 saturated heterocycles. The first-order valence-electron chi connectivity index (χ1n) is 3.18. The summed E-state index contributed by atoms with van der Waals surface area (Å²) in [4.78, 5) is 10.0. The van der Waals surface area contributed by atoms with Gasteiger partial charge >= 0.3 is 5.97 Å². The van der Waals surface area contributed by atoms with E-state index in [4.69, 9.17) is 5.11 Å². The summed E-state index contributed by atoms with van der Waals surface area (Å²) in [7, 11) is 1.67. The van der Waals surface area contributed by atoms with Crippen molar-refractivity contribution in [3.8, 4) is 0 Å². The van der Waals surface area contributed by atoms with Crippen molar-refractivity contribution in [1.29, 1.82) is 0 Å². The molecule has 0 spiro atoms. The Kier molecular flexibility index (Phi) is 3.95. The van der Waals surface area contributed by atoms with Gasteiger partial charge < -0.3 is 5.11 Å². The summed E-state index contributed by atoms with van der Waals surface area (Å²) < 4.78 is 0. The number of rotatable bonds is 3. The highest BCUT2D eigenvalue weighted by Gasteiger charge is 1.88. The summed E-state index contributed by atoms with van der Waals surface area (Å²) in [6.07, 6.45) is 2.42. The average Bonchev–Trinajstić information content (AvgIpc) is 1.82. The van der Waals surface area contributed by atoms with Crippen LogP contribution in [0.5, 0.6) is 0 Å². The number of nitrogens with zero attached hydrogens (tertiary/aromatic N) is 2. The summed E-state index contributed by atoms with van der Waals surface area (Å²) in [6, 6.07) is 0. The number of carboxylic acid groups (broad SMARTS) is 1. The number of carboxylic acids is 1. The van der Waals surface area contributed by atoms with Crippen LogP contribution in [0, 0.1) is 0 Å². The molecular formula is C7H12N2O2. The summed E-state index contributed by atoms with van der Waals surface area (Å²) in [5.41, 5.74) is 0.877. The van der Waals surface area contributed by atoms with E-state index in [-0.39, 0.29) is 0 Å². The molecule has 0 aliphatic heterocycles. The minimum Gasteiger partial charge on any atom is -0.478 e. The van der Waals surface area contributed by atoms with E-state index < -0.39 is 5.97 Å². The lowest BCUT2D eigenvalue weighted by Crippen LogP contribution is -2.04. The second-order valence-electron chi connectivity index (χ2n) is 2.27. The maximum absolute atomic E-state index is 10.0. The minimum atomic E-state index is -0.971. The first-order chi connectivity index (χ1) is 5.02. The zero-order valence-electron chi connectivity index (χ0n) is 6.90. The summed E-state index contributed by atoms with van der Waals surface area (Å²) in [6.45, 7) is 3.68. The Bertz CT molecular complexity index is 193. The van der Waals surface area contributed by atoms with Crippen molar-refractivity contribution in [3.05, 3.63) is 12.3 Å². The van der Waals surface area contributed by atoms with E-state index in [0.717, 1.165) is 11.8 Å². The molecule has 0 aromatic rings. The Morgan fingerprint density at radius 2 is 2.09 bits per heavy atom. The topological polar surface area (TPSA) is 52.9 Å². The van der Waals surface area contributed by atoms with Crippen LogP contribution in [0.2, 0.25) is 0 Å². The van der Waals surface area contributed by atoms with Gasteiger partial charge in [0.25, 0.3) is 0 Å². The van der Waals surface area contributed by atoms with Gasteiger partial charge in [0.15, 0.2) is 0 Å². The molecular weight excluding hydrogens is 144 g/mol. The van der Waals surface area contributed by atoms with Gasteiger partial charge in [-0.15, -0.1) is 0 Å². The van der Waals surface area contributed by atoms with Gasteiger partial charge in [0, 0.05) is 25.0 Å². The number of aliphatic carboxylic acids is 1. The van der Waals surface area contributed by atoms with E-state index in [1.54, 1.807) is 7.05 Å². The van der Waals surface area contributed by atoms with Gasteiger partial charge in [0.2, 0.25) is 0 Å². The summed E-state index contributed by atoms with van der Waals surface area (Å²) in [5.74, 6) is -0.971. The van der Waals surface area contributed by atoms with Crippen molar-refractivity contribution in [2.24, 2.45) is 5.10 Å². The third kappa shape index (κ3) is 6.57. The van der Waals surface area contributed by atoms with Gasteiger partial charge in [-0.1, -0.05) is 0 Å². The van der Waals surface area contributed by atoms with E-state index in [0.29, 0.717) is 0 Å². The molecule has 0 aromatic heterocycles. The molecule has 1 N–H and O–H groups in total. The second kappa shape index (κ2) is 4.49. The van der Waals surface area contributed by atoms with Crippen LogP contribution in [-0.2, 0) is 4.79 Å². The molecule has 0 unspecified atom stereocenters. The van der Waals surface area contributed by atoms with Crippen molar-refractivity contribution in [1.82, 2.24) is 5.01 Å². The van der Waals surface area contributed by atoms with Crippen LogP contribution in [0.15, 0.2) is 17.4 Å². The zero-order chi connectivity index (χ0) is 8.85. The molecule has 0 radical (unpaired) electrons. The van der Waals surface area contributed by atoms with Crippen molar-refractivity contribution >= 4 is 11.7 Å². The van der Waals surface area contributed by atoms with E-state index >= 15 is 0 Å². The molecule has 11 heavy (non-hydrogen) atoms. The molecule has 0 fully saturated rings. The average molecular weight is 156 g/mol. The molecule has 4 heteroatoms. The fraction of sp³-hybridized carbons (Fsp3) is 0.429. The molecule has 0 saturated carbocycles. The van der Waals surface area contributed by atoms with Gasteiger partial charge in [-0.3, -0.25) is 5.01 Å². The molecule has 0 heterocycles. The van der Waals surface area contributed by atoms with E-state index in [2.05, 4.69) is 5.10 Å². The van der Waals surface area contributed by atoms with Gasteiger partial charge in [0.05, 0.1) is 0 Å². The van der Waals surface area contributed by atoms with Crippen LogP contribution in [0.3, 0.4) is 0 Å². The fourth-order valence-corrected chi connectivity index (χ4v) is 0.520. The summed E-state index contributed by atoms with van der Waals surface area (Å²) in [5, 5.41) is 13.6. The normalized spacial score (nSPS) is 9.73. The standard InChI is InChI=1S/C7H12N2O2/c1-6(2)8-9(3)5-4-7(10)11/h4-5H,1-3H3,(H,10,11)/b5-4-. The SMILES string of the molecule is CC(C)=NN(C)/C=C\C(=O)O. The van der Waals surface area contributed by atoms with E-state index in [1.807, 2.05) is 13.8 Å². The molecule has 0 aromatic carbocycles. The Labute approximate surface area is 65.8 Å². The maximum Gasteiger partial charge on any atom is 0.329 e. The number of hydrogen-bond acceptors (Lipinski definition) is 3. The Morgan fingerprint density at radius 1 is 1.55 bits per heavy atom. The quantitative estimate of drug-likeness (QED) is 0.375. The molecule has 0 rings (SSSR count). The number of carbonyl (C=O) groups is 1. The van der Waals surface area contributed by atoms with Gasteiger partial charge in [-0.2, -0.15) is 5.10 Å². The smallest absolute Gasteiger partial charge is 0.329 e. The molecule has 0 amide bonds. The van der Waals surface area contributed by atoms with Gasteiger partial charge in [-0.05, 0) is 13.8 Å². The minimum absolute atomic E-state index is 0.877. The fourth-order valence-electron chi connectivity index (χ4n) is 0.520. The van der Waals surface area contributed by atoms with Crippen LogP contribution in [0.25, 0.3) is 0 Å².